The molecule has 1 aromatic heterocycles. The number of thioether (sulfide) groups is 1. The SMILES string of the molecule is CN(c1cnc(N)cn1)C1CCSC1. The summed E-state index contributed by atoms with van der Waals surface area (Å²) in [6.45, 7) is 0. The molecule has 1 fully saturated rings. The second-order valence-corrected chi connectivity index (χ2v) is 4.58. The topological polar surface area (TPSA) is 55.0 Å². The van der Waals surface area contributed by atoms with Gasteiger partial charge in [0.15, 0.2) is 0 Å². The molecule has 0 aliphatic carbocycles. The lowest BCUT2D eigenvalue weighted by atomic mass is 10.2. The molecule has 0 bridgehead atoms. The molecule has 1 saturated heterocycles. The first kappa shape index (κ1) is 9.58. The van der Waals surface area contributed by atoms with E-state index in [0.717, 1.165) is 5.82 Å². The summed E-state index contributed by atoms with van der Waals surface area (Å²) >= 11 is 1.99. The van der Waals surface area contributed by atoms with Gasteiger partial charge >= 0.3 is 0 Å². The molecule has 2 N–H and O–H groups in total. The van der Waals surface area contributed by atoms with Crippen LogP contribution >= 0.6 is 11.8 Å². The van der Waals surface area contributed by atoms with Crippen molar-refractivity contribution in [3.63, 3.8) is 0 Å². The Bertz CT molecular complexity index is 294. The molecule has 2 heterocycles. The van der Waals surface area contributed by atoms with Crippen LogP contribution < -0.4 is 10.6 Å². The van der Waals surface area contributed by atoms with Crippen molar-refractivity contribution in [1.82, 2.24) is 9.97 Å². The van der Waals surface area contributed by atoms with Crippen LogP contribution in [0.3, 0.4) is 0 Å². The van der Waals surface area contributed by atoms with Gasteiger partial charge in [0.25, 0.3) is 0 Å². The largest absolute Gasteiger partial charge is 0.382 e. The molecule has 76 valence electrons. The number of nitrogens with zero attached hydrogens (tertiary/aromatic N) is 3. The summed E-state index contributed by atoms with van der Waals surface area (Å²) in [5.41, 5.74) is 5.48. The van der Waals surface area contributed by atoms with Gasteiger partial charge in [0.2, 0.25) is 0 Å². The van der Waals surface area contributed by atoms with E-state index in [4.69, 9.17) is 5.73 Å². The molecule has 1 aliphatic rings. The molecule has 0 radical (unpaired) electrons. The maximum absolute atomic E-state index is 5.48. The Morgan fingerprint density at radius 1 is 1.50 bits per heavy atom. The maximum atomic E-state index is 5.48. The Morgan fingerprint density at radius 2 is 2.36 bits per heavy atom. The standard InChI is InChI=1S/C9H14N4S/c1-13(7-2-3-14-6-7)9-5-11-8(10)4-12-9/h4-5,7H,2-3,6H2,1H3,(H2,10,11). The van der Waals surface area contributed by atoms with Crippen LogP contribution in [0.4, 0.5) is 11.6 Å². The molecule has 14 heavy (non-hydrogen) atoms. The summed E-state index contributed by atoms with van der Waals surface area (Å²) in [6.07, 6.45) is 4.57. The molecular weight excluding hydrogens is 196 g/mol. The van der Waals surface area contributed by atoms with E-state index in [-0.39, 0.29) is 0 Å². The Balaban J connectivity index is 2.09. The first-order chi connectivity index (χ1) is 6.77. The van der Waals surface area contributed by atoms with Gasteiger partial charge < -0.3 is 10.6 Å². The highest BCUT2D eigenvalue weighted by Crippen LogP contribution is 2.24. The van der Waals surface area contributed by atoms with Crippen molar-refractivity contribution in [3.05, 3.63) is 12.4 Å². The zero-order valence-electron chi connectivity index (χ0n) is 8.18. The van der Waals surface area contributed by atoms with Gasteiger partial charge in [-0.25, -0.2) is 9.97 Å². The van der Waals surface area contributed by atoms with Gasteiger partial charge in [-0.1, -0.05) is 0 Å². The third-order valence-corrected chi connectivity index (χ3v) is 3.62. The van der Waals surface area contributed by atoms with E-state index < -0.39 is 0 Å². The molecule has 1 unspecified atom stereocenters. The third kappa shape index (κ3) is 1.92. The van der Waals surface area contributed by atoms with E-state index in [2.05, 4.69) is 21.9 Å². The van der Waals surface area contributed by atoms with Crippen molar-refractivity contribution in [3.8, 4) is 0 Å². The zero-order valence-corrected chi connectivity index (χ0v) is 9.00. The van der Waals surface area contributed by atoms with Crippen molar-refractivity contribution >= 4 is 23.4 Å². The lowest BCUT2D eigenvalue weighted by Crippen LogP contribution is -2.32. The van der Waals surface area contributed by atoms with Crippen molar-refractivity contribution in [2.24, 2.45) is 0 Å². The van der Waals surface area contributed by atoms with Crippen LogP contribution in [0.5, 0.6) is 0 Å². The highest BCUT2D eigenvalue weighted by molar-refractivity contribution is 7.99. The van der Waals surface area contributed by atoms with E-state index in [1.165, 1.54) is 17.9 Å². The van der Waals surface area contributed by atoms with E-state index in [0.29, 0.717) is 11.9 Å². The molecule has 1 atom stereocenters. The number of anilines is 2. The van der Waals surface area contributed by atoms with E-state index in [9.17, 15) is 0 Å². The Labute approximate surface area is 87.9 Å². The number of hydrogen-bond donors (Lipinski definition) is 1. The average molecular weight is 210 g/mol. The molecule has 0 spiro atoms. The first-order valence-corrected chi connectivity index (χ1v) is 5.81. The van der Waals surface area contributed by atoms with Crippen molar-refractivity contribution in [2.75, 3.05) is 29.2 Å². The number of aromatic nitrogens is 2. The smallest absolute Gasteiger partial charge is 0.147 e. The summed E-state index contributed by atoms with van der Waals surface area (Å²) in [4.78, 5) is 10.5. The van der Waals surface area contributed by atoms with E-state index in [1.54, 1.807) is 12.4 Å². The summed E-state index contributed by atoms with van der Waals surface area (Å²) in [7, 11) is 2.07. The minimum atomic E-state index is 0.475. The lowest BCUT2D eigenvalue weighted by Gasteiger charge is -2.24. The molecular formula is C9H14N4S. The van der Waals surface area contributed by atoms with Crippen molar-refractivity contribution in [2.45, 2.75) is 12.5 Å². The fourth-order valence-electron chi connectivity index (χ4n) is 1.53. The van der Waals surface area contributed by atoms with Crippen LogP contribution in [-0.4, -0.2) is 34.6 Å². The van der Waals surface area contributed by atoms with Gasteiger partial charge in [0.05, 0.1) is 12.4 Å². The molecule has 2 rings (SSSR count). The van der Waals surface area contributed by atoms with Crippen LogP contribution in [0.1, 0.15) is 6.42 Å². The summed E-state index contributed by atoms with van der Waals surface area (Å²) in [5, 5.41) is 0. The van der Waals surface area contributed by atoms with Gasteiger partial charge in [-0.2, -0.15) is 11.8 Å². The quantitative estimate of drug-likeness (QED) is 0.789. The normalized spacial score (nSPS) is 21.1. The molecule has 1 aliphatic heterocycles. The summed E-state index contributed by atoms with van der Waals surface area (Å²) in [5.74, 6) is 3.81. The number of rotatable bonds is 2. The number of hydrogen-bond acceptors (Lipinski definition) is 5. The molecule has 0 amide bonds. The molecule has 5 heteroatoms. The monoisotopic (exact) mass is 210 g/mol. The second kappa shape index (κ2) is 4.04. The number of nitrogen functional groups attached to an aromatic ring is 1. The van der Waals surface area contributed by atoms with Gasteiger partial charge in [0.1, 0.15) is 11.6 Å². The lowest BCUT2D eigenvalue weighted by molar-refractivity contribution is 0.690. The highest BCUT2D eigenvalue weighted by atomic mass is 32.2. The van der Waals surface area contributed by atoms with Crippen LogP contribution in [0.25, 0.3) is 0 Å². The summed E-state index contributed by atoms with van der Waals surface area (Å²) < 4.78 is 0. The summed E-state index contributed by atoms with van der Waals surface area (Å²) in [6, 6.07) is 0.595. The van der Waals surface area contributed by atoms with E-state index >= 15 is 0 Å². The van der Waals surface area contributed by atoms with E-state index in [1.807, 2.05) is 11.8 Å². The average Bonchev–Trinajstić information content (AvgIpc) is 2.71. The van der Waals surface area contributed by atoms with Crippen LogP contribution in [0.2, 0.25) is 0 Å². The fraction of sp³-hybridized carbons (Fsp3) is 0.556. The predicted molar refractivity (Wildman–Crippen MR) is 60.6 cm³/mol. The minimum Gasteiger partial charge on any atom is -0.382 e. The molecule has 4 nitrogen and oxygen atoms in total. The zero-order chi connectivity index (χ0) is 9.97. The Morgan fingerprint density at radius 3 is 2.93 bits per heavy atom. The van der Waals surface area contributed by atoms with Gasteiger partial charge in [0, 0.05) is 18.8 Å². The maximum Gasteiger partial charge on any atom is 0.147 e. The highest BCUT2D eigenvalue weighted by Gasteiger charge is 2.20. The van der Waals surface area contributed by atoms with Crippen LogP contribution in [0.15, 0.2) is 12.4 Å². The second-order valence-electron chi connectivity index (χ2n) is 3.43. The van der Waals surface area contributed by atoms with Crippen molar-refractivity contribution in [1.29, 1.82) is 0 Å². The Hall–Kier alpha value is -0.970. The van der Waals surface area contributed by atoms with Crippen LogP contribution in [0, 0.1) is 0 Å². The molecule has 1 aromatic rings. The first-order valence-electron chi connectivity index (χ1n) is 4.65. The van der Waals surface area contributed by atoms with Crippen molar-refractivity contribution < 1.29 is 0 Å². The minimum absolute atomic E-state index is 0.475. The fourth-order valence-corrected chi connectivity index (χ4v) is 2.80. The third-order valence-electron chi connectivity index (χ3n) is 2.47. The Kier molecular flexibility index (Phi) is 2.77. The van der Waals surface area contributed by atoms with Gasteiger partial charge in [-0.05, 0) is 12.2 Å². The van der Waals surface area contributed by atoms with Crippen LogP contribution in [-0.2, 0) is 0 Å². The predicted octanol–water partition coefficient (Wildman–Crippen LogP) is 1.00. The van der Waals surface area contributed by atoms with Gasteiger partial charge in [-0.15, -0.1) is 0 Å². The number of nitrogens with two attached hydrogens (primary N) is 1. The molecule has 0 saturated carbocycles. The van der Waals surface area contributed by atoms with Gasteiger partial charge in [-0.3, -0.25) is 0 Å². The molecule has 0 aromatic carbocycles.